The quantitative estimate of drug-likeness (QED) is 0.430. The molecule has 14 heavy (non-hydrogen) atoms. The van der Waals surface area contributed by atoms with E-state index in [0.717, 1.165) is 5.92 Å². The lowest BCUT2D eigenvalue weighted by molar-refractivity contribution is -0.143. The van der Waals surface area contributed by atoms with Crippen LogP contribution in [0, 0.1) is 29.1 Å². The highest BCUT2D eigenvalue weighted by atomic mass is 16.5. The molecular weight excluding hydrogens is 176 g/mol. The van der Waals surface area contributed by atoms with E-state index in [4.69, 9.17) is 4.74 Å². The monoisotopic (exact) mass is 190 g/mol. The standard InChI is InChI=1S/C12H14O2/c13-11-10-7(6-14-11)8-2-1-4-12(8)5-3-9(10)12/h3,5,7-10H,1-2,4,6H2/t7-,8?,9?,10-,12?/m0/s1. The van der Waals surface area contributed by atoms with E-state index in [1.54, 1.807) is 0 Å². The number of fused-ring (bicyclic) bond motifs is 3. The number of cyclic esters (lactones) is 1. The summed E-state index contributed by atoms with van der Waals surface area (Å²) in [6, 6.07) is 0. The number of carbonyl (C=O) groups is 1. The molecule has 1 aliphatic heterocycles. The first-order chi connectivity index (χ1) is 6.83. The first-order valence-electron chi connectivity index (χ1n) is 5.69. The predicted molar refractivity (Wildman–Crippen MR) is 50.3 cm³/mol. The fourth-order valence-corrected chi connectivity index (χ4v) is 4.56. The molecule has 0 aromatic carbocycles. The molecule has 1 saturated heterocycles. The molecule has 1 spiro atoms. The third-order valence-corrected chi connectivity index (χ3v) is 5.10. The Bertz CT molecular complexity index is 346. The molecule has 2 saturated carbocycles. The Hall–Kier alpha value is -0.790. The van der Waals surface area contributed by atoms with Gasteiger partial charge in [-0.1, -0.05) is 18.6 Å². The van der Waals surface area contributed by atoms with Crippen molar-refractivity contribution in [2.45, 2.75) is 19.3 Å². The van der Waals surface area contributed by atoms with Gasteiger partial charge in [0.1, 0.15) is 0 Å². The van der Waals surface area contributed by atoms with Gasteiger partial charge in [-0.3, -0.25) is 4.79 Å². The van der Waals surface area contributed by atoms with Crippen LogP contribution >= 0.6 is 0 Å². The summed E-state index contributed by atoms with van der Waals surface area (Å²) in [5, 5.41) is 0. The van der Waals surface area contributed by atoms with Gasteiger partial charge in [-0.2, -0.15) is 0 Å². The molecule has 3 unspecified atom stereocenters. The van der Waals surface area contributed by atoms with E-state index >= 15 is 0 Å². The first-order valence-corrected chi connectivity index (χ1v) is 5.69. The SMILES string of the molecule is O=C1OC[C@H]2C3CCCC34C=CC4[C@@H]12. The highest BCUT2D eigenvalue weighted by molar-refractivity contribution is 5.77. The molecule has 3 aliphatic carbocycles. The maximum Gasteiger partial charge on any atom is 0.309 e. The van der Waals surface area contributed by atoms with Crippen LogP contribution in [0.5, 0.6) is 0 Å². The third-order valence-electron chi connectivity index (χ3n) is 5.10. The number of ether oxygens (including phenoxy) is 1. The minimum Gasteiger partial charge on any atom is -0.465 e. The Morgan fingerprint density at radius 1 is 1.50 bits per heavy atom. The summed E-state index contributed by atoms with van der Waals surface area (Å²) >= 11 is 0. The maximum absolute atomic E-state index is 11.6. The molecule has 0 amide bonds. The van der Waals surface area contributed by atoms with Crippen LogP contribution in [0.2, 0.25) is 0 Å². The van der Waals surface area contributed by atoms with Crippen molar-refractivity contribution in [2.24, 2.45) is 29.1 Å². The fraction of sp³-hybridized carbons (Fsp3) is 0.750. The van der Waals surface area contributed by atoms with E-state index in [9.17, 15) is 4.79 Å². The van der Waals surface area contributed by atoms with Crippen molar-refractivity contribution in [1.29, 1.82) is 0 Å². The summed E-state index contributed by atoms with van der Waals surface area (Å²) in [5.74, 6) is 2.15. The second-order valence-electron chi connectivity index (χ2n) is 5.32. The highest BCUT2D eigenvalue weighted by Crippen LogP contribution is 2.68. The van der Waals surface area contributed by atoms with Crippen molar-refractivity contribution in [2.75, 3.05) is 6.61 Å². The zero-order valence-electron chi connectivity index (χ0n) is 8.11. The fourth-order valence-electron chi connectivity index (χ4n) is 4.56. The molecule has 0 aromatic heterocycles. The summed E-state index contributed by atoms with van der Waals surface area (Å²) in [6.07, 6.45) is 8.64. The van der Waals surface area contributed by atoms with Gasteiger partial charge in [0.25, 0.3) is 0 Å². The van der Waals surface area contributed by atoms with Crippen molar-refractivity contribution in [1.82, 2.24) is 0 Å². The number of carbonyl (C=O) groups excluding carboxylic acids is 1. The minimum absolute atomic E-state index is 0.0816. The van der Waals surface area contributed by atoms with Crippen molar-refractivity contribution >= 4 is 5.97 Å². The Labute approximate surface area is 83.3 Å². The Morgan fingerprint density at radius 2 is 2.43 bits per heavy atom. The summed E-state index contributed by atoms with van der Waals surface area (Å²) in [7, 11) is 0. The maximum atomic E-state index is 11.6. The smallest absolute Gasteiger partial charge is 0.309 e. The molecule has 1 heterocycles. The Morgan fingerprint density at radius 3 is 3.21 bits per heavy atom. The molecular formula is C12H14O2. The minimum atomic E-state index is 0.0816. The van der Waals surface area contributed by atoms with Gasteiger partial charge in [-0.25, -0.2) is 0 Å². The van der Waals surface area contributed by atoms with Crippen LogP contribution in [0.15, 0.2) is 12.2 Å². The van der Waals surface area contributed by atoms with Gasteiger partial charge in [0.05, 0.1) is 12.5 Å². The van der Waals surface area contributed by atoms with Crippen molar-refractivity contribution < 1.29 is 9.53 Å². The summed E-state index contributed by atoms with van der Waals surface area (Å²) in [4.78, 5) is 11.6. The van der Waals surface area contributed by atoms with Gasteiger partial charge in [0.15, 0.2) is 0 Å². The molecule has 3 fully saturated rings. The second-order valence-corrected chi connectivity index (χ2v) is 5.32. The van der Waals surface area contributed by atoms with E-state index in [1.165, 1.54) is 19.3 Å². The van der Waals surface area contributed by atoms with E-state index in [0.29, 0.717) is 23.9 Å². The molecule has 4 aliphatic rings. The number of allylic oxidation sites excluding steroid dienone is 2. The number of esters is 1. The van der Waals surface area contributed by atoms with E-state index < -0.39 is 0 Å². The van der Waals surface area contributed by atoms with Gasteiger partial charge >= 0.3 is 5.97 Å². The predicted octanol–water partition coefficient (Wildman–Crippen LogP) is 1.76. The first kappa shape index (κ1) is 7.49. The highest BCUT2D eigenvalue weighted by Gasteiger charge is 2.67. The molecule has 0 N–H and O–H groups in total. The molecule has 0 bridgehead atoms. The van der Waals surface area contributed by atoms with Gasteiger partial charge in [0, 0.05) is 5.92 Å². The second kappa shape index (κ2) is 2.07. The third kappa shape index (κ3) is 0.572. The Kier molecular flexibility index (Phi) is 1.11. The van der Waals surface area contributed by atoms with Crippen molar-refractivity contribution in [3.05, 3.63) is 12.2 Å². The molecule has 74 valence electrons. The van der Waals surface area contributed by atoms with Gasteiger partial charge < -0.3 is 4.74 Å². The van der Waals surface area contributed by atoms with Crippen LogP contribution < -0.4 is 0 Å². The van der Waals surface area contributed by atoms with Crippen LogP contribution in [0.4, 0.5) is 0 Å². The summed E-state index contributed by atoms with van der Waals surface area (Å²) in [6.45, 7) is 0.702. The lowest BCUT2D eigenvalue weighted by atomic mass is 9.64. The largest absolute Gasteiger partial charge is 0.465 e. The average molecular weight is 190 g/mol. The average Bonchev–Trinajstić information content (AvgIpc) is 2.74. The van der Waals surface area contributed by atoms with Gasteiger partial charge in [-0.15, -0.1) is 0 Å². The van der Waals surface area contributed by atoms with Crippen LogP contribution in [-0.4, -0.2) is 12.6 Å². The lowest BCUT2D eigenvalue weighted by Gasteiger charge is -2.40. The van der Waals surface area contributed by atoms with E-state index in [-0.39, 0.29) is 11.9 Å². The zero-order valence-corrected chi connectivity index (χ0v) is 8.11. The normalized spacial score (nSPS) is 57.6. The summed E-state index contributed by atoms with van der Waals surface area (Å²) < 4.78 is 5.20. The lowest BCUT2D eigenvalue weighted by Crippen LogP contribution is -2.35. The van der Waals surface area contributed by atoms with Crippen LogP contribution in [0.1, 0.15) is 19.3 Å². The molecule has 2 nitrogen and oxygen atoms in total. The van der Waals surface area contributed by atoms with Gasteiger partial charge in [-0.05, 0) is 30.1 Å². The number of hydrogen-bond acceptors (Lipinski definition) is 2. The van der Waals surface area contributed by atoms with Crippen LogP contribution in [0.25, 0.3) is 0 Å². The summed E-state index contributed by atoms with van der Waals surface area (Å²) in [5.41, 5.74) is 0.439. The molecule has 0 radical (unpaired) electrons. The number of hydrogen-bond donors (Lipinski definition) is 0. The van der Waals surface area contributed by atoms with Crippen molar-refractivity contribution in [3.8, 4) is 0 Å². The van der Waals surface area contributed by atoms with Gasteiger partial charge in [0.2, 0.25) is 0 Å². The molecule has 2 heteroatoms. The molecule has 4 rings (SSSR count). The molecule has 0 aromatic rings. The van der Waals surface area contributed by atoms with Crippen molar-refractivity contribution in [3.63, 3.8) is 0 Å². The van der Waals surface area contributed by atoms with E-state index in [1.807, 2.05) is 0 Å². The Balaban J connectivity index is 1.84. The zero-order chi connectivity index (χ0) is 9.34. The van der Waals surface area contributed by atoms with Crippen LogP contribution in [-0.2, 0) is 9.53 Å². The molecule has 5 atom stereocenters. The topological polar surface area (TPSA) is 26.3 Å². The van der Waals surface area contributed by atoms with Crippen LogP contribution in [0.3, 0.4) is 0 Å². The van der Waals surface area contributed by atoms with E-state index in [2.05, 4.69) is 12.2 Å². The number of rotatable bonds is 0.